The van der Waals surface area contributed by atoms with Crippen molar-refractivity contribution in [1.82, 2.24) is 15.5 Å². The van der Waals surface area contributed by atoms with Crippen molar-refractivity contribution in [3.05, 3.63) is 0 Å². The number of urea groups is 1. The van der Waals surface area contributed by atoms with Crippen molar-refractivity contribution in [1.29, 1.82) is 0 Å². The van der Waals surface area contributed by atoms with Gasteiger partial charge in [-0.2, -0.15) is 0 Å². The summed E-state index contributed by atoms with van der Waals surface area (Å²) in [6.45, 7) is 4.68. The van der Waals surface area contributed by atoms with Crippen molar-refractivity contribution in [2.75, 3.05) is 26.2 Å². The van der Waals surface area contributed by atoms with Crippen LogP contribution in [0.25, 0.3) is 0 Å². The summed E-state index contributed by atoms with van der Waals surface area (Å²) < 4.78 is 0. The fraction of sp³-hybridized carbons (Fsp3) is 0.800. The molecular formula is C10H19N3O3. The van der Waals surface area contributed by atoms with E-state index in [4.69, 9.17) is 5.11 Å². The van der Waals surface area contributed by atoms with Gasteiger partial charge in [-0.05, 0) is 6.42 Å². The largest absolute Gasteiger partial charge is 0.480 e. The van der Waals surface area contributed by atoms with Crippen LogP contribution in [0.15, 0.2) is 0 Å². The van der Waals surface area contributed by atoms with Crippen LogP contribution >= 0.6 is 0 Å². The van der Waals surface area contributed by atoms with E-state index < -0.39 is 12.0 Å². The molecule has 2 amide bonds. The number of aliphatic carboxylic acids is 1. The van der Waals surface area contributed by atoms with Crippen LogP contribution in [0.3, 0.4) is 0 Å². The molecule has 0 aliphatic carbocycles. The Morgan fingerprint density at radius 2 is 2.06 bits per heavy atom. The number of carboxylic acids is 1. The normalized spacial score (nSPS) is 17.9. The Hall–Kier alpha value is -1.30. The highest BCUT2D eigenvalue weighted by molar-refractivity contribution is 5.82. The molecule has 1 saturated heterocycles. The number of rotatable bonds is 4. The third-order valence-corrected chi connectivity index (χ3v) is 2.58. The lowest BCUT2D eigenvalue weighted by atomic mass is 10.2. The summed E-state index contributed by atoms with van der Waals surface area (Å²) in [5, 5.41) is 14.6. The van der Waals surface area contributed by atoms with Crippen molar-refractivity contribution in [3.63, 3.8) is 0 Å². The third kappa shape index (κ3) is 3.69. The molecule has 6 heteroatoms. The Balaban J connectivity index is 2.43. The minimum atomic E-state index is -0.967. The summed E-state index contributed by atoms with van der Waals surface area (Å²) in [5.74, 6) is -0.967. The molecule has 1 aliphatic rings. The molecule has 0 unspecified atom stereocenters. The number of carbonyl (C=O) groups is 2. The highest BCUT2D eigenvalue weighted by atomic mass is 16.4. The van der Waals surface area contributed by atoms with Crippen LogP contribution in [0.2, 0.25) is 0 Å². The van der Waals surface area contributed by atoms with Crippen molar-refractivity contribution >= 4 is 12.0 Å². The maximum Gasteiger partial charge on any atom is 0.326 e. The number of piperazine rings is 1. The molecule has 0 bridgehead atoms. The van der Waals surface area contributed by atoms with Crippen LogP contribution in [0.1, 0.15) is 19.8 Å². The lowest BCUT2D eigenvalue weighted by molar-refractivity contribution is -0.139. The average Bonchev–Trinajstić information content (AvgIpc) is 2.29. The van der Waals surface area contributed by atoms with E-state index in [9.17, 15) is 9.59 Å². The Morgan fingerprint density at radius 1 is 1.44 bits per heavy atom. The molecule has 3 N–H and O–H groups in total. The van der Waals surface area contributed by atoms with Crippen LogP contribution in [-0.4, -0.2) is 54.2 Å². The molecule has 0 saturated carbocycles. The quantitative estimate of drug-likeness (QED) is 0.626. The molecule has 16 heavy (non-hydrogen) atoms. The zero-order chi connectivity index (χ0) is 12.0. The van der Waals surface area contributed by atoms with Crippen LogP contribution < -0.4 is 10.6 Å². The predicted octanol–water partition coefficient (Wildman–Crippen LogP) is -0.145. The molecule has 1 aliphatic heterocycles. The van der Waals surface area contributed by atoms with Gasteiger partial charge in [-0.25, -0.2) is 9.59 Å². The van der Waals surface area contributed by atoms with Crippen LogP contribution in [0.5, 0.6) is 0 Å². The average molecular weight is 229 g/mol. The molecule has 0 radical (unpaired) electrons. The van der Waals surface area contributed by atoms with Crippen molar-refractivity contribution in [3.8, 4) is 0 Å². The Kier molecular flexibility index (Phi) is 5.04. The van der Waals surface area contributed by atoms with Gasteiger partial charge in [0.05, 0.1) is 0 Å². The third-order valence-electron chi connectivity index (χ3n) is 2.58. The van der Waals surface area contributed by atoms with Gasteiger partial charge < -0.3 is 20.6 Å². The number of nitrogens with one attached hydrogen (secondary N) is 2. The summed E-state index contributed by atoms with van der Waals surface area (Å²) in [6, 6.07) is -1.05. The Labute approximate surface area is 95.0 Å². The number of hydrogen-bond donors (Lipinski definition) is 3. The summed E-state index contributed by atoms with van der Waals surface area (Å²) in [6.07, 6.45) is 1.20. The second-order valence-corrected chi connectivity index (χ2v) is 3.87. The zero-order valence-electron chi connectivity index (χ0n) is 9.53. The van der Waals surface area contributed by atoms with Gasteiger partial charge in [0.25, 0.3) is 0 Å². The van der Waals surface area contributed by atoms with Crippen LogP contribution in [0, 0.1) is 0 Å². The number of nitrogens with zero attached hydrogens (tertiary/aromatic N) is 1. The topological polar surface area (TPSA) is 81.7 Å². The maximum absolute atomic E-state index is 11.7. The van der Waals surface area contributed by atoms with Gasteiger partial charge in [0.2, 0.25) is 0 Å². The first-order valence-corrected chi connectivity index (χ1v) is 5.64. The molecule has 0 aromatic rings. The predicted molar refractivity (Wildman–Crippen MR) is 59.3 cm³/mol. The highest BCUT2D eigenvalue weighted by Crippen LogP contribution is 2.00. The van der Waals surface area contributed by atoms with Crippen molar-refractivity contribution in [2.24, 2.45) is 0 Å². The fourth-order valence-corrected chi connectivity index (χ4v) is 1.65. The fourth-order valence-electron chi connectivity index (χ4n) is 1.65. The number of hydrogen-bond acceptors (Lipinski definition) is 3. The zero-order valence-corrected chi connectivity index (χ0v) is 9.53. The van der Waals surface area contributed by atoms with Crippen molar-refractivity contribution in [2.45, 2.75) is 25.8 Å². The van der Waals surface area contributed by atoms with Gasteiger partial charge >= 0.3 is 12.0 Å². The number of carboxylic acid groups (broad SMARTS) is 1. The van der Waals surface area contributed by atoms with Gasteiger partial charge in [-0.15, -0.1) is 0 Å². The maximum atomic E-state index is 11.7. The van der Waals surface area contributed by atoms with Gasteiger partial charge in [0, 0.05) is 26.2 Å². The molecule has 6 nitrogen and oxygen atoms in total. The summed E-state index contributed by atoms with van der Waals surface area (Å²) in [5.41, 5.74) is 0. The summed E-state index contributed by atoms with van der Waals surface area (Å²) in [4.78, 5) is 24.2. The minimum Gasteiger partial charge on any atom is -0.480 e. The molecule has 0 spiro atoms. The molecular weight excluding hydrogens is 210 g/mol. The molecule has 0 aromatic carbocycles. The standard InChI is InChI=1S/C10H19N3O3/c1-2-3-8(9(14)15)12-10(16)13-6-4-11-5-7-13/h8,11H,2-7H2,1H3,(H,12,16)(H,14,15)/t8-/m0/s1. The number of carbonyl (C=O) groups excluding carboxylic acids is 1. The van der Waals surface area contributed by atoms with E-state index in [2.05, 4.69) is 10.6 Å². The molecule has 0 aromatic heterocycles. The molecule has 92 valence electrons. The second-order valence-electron chi connectivity index (χ2n) is 3.87. The minimum absolute atomic E-state index is 0.276. The molecule has 1 atom stereocenters. The highest BCUT2D eigenvalue weighted by Gasteiger charge is 2.22. The molecule has 1 fully saturated rings. The monoisotopic (exact) mass is 229 g/mol. The first-order valence-electron chi connectivity index (χ1n) is 5.64. The van der Waals surface area contributed by atoms with Gasteiger partial charge in [-0.1, -0.05) is 13.3 Å². The second kappa shape index (κ2) is 6.32. The van der Waals surface area contributed by atoms with E-state index >= 15 is 0 Å². The van der Waals surface area contributed by atoms with Gasteiger partial charge in [0.1, 0.15) is 6.04 Å². The number of amides is 2. The van der Waals surface area contributed by atoms with Gasteiger partial charge in [0.15, 0.2) is 0 Å². The van der Waals surface area contributed by atoms with E-state index in [1.165, 1.54) is 0 Å². The molecule has 1 rings (SSSR count). The van der Waals surface area contributed by atoms with Crippen LogP contribution in [-0.2, 0) is 4.79 Å². The van der Waals surface area contributed by atoms with E-state index in [0.717, 1.165) is 19.5 Å². The smallest absolute Gasteiger partial charge is 0.326 e. The van der Waals surface area contributed by atoms with Crippen LogP contribution in [0.4, 0.5) is 4.79 Å². The Bertz CT molecular complexity index is 252. The van der Waals surface area contributed by atoms with E-state index in [1.807, 2.05) is 6.92 Å². The summed E-state index contributed by atoms with van der Waals surface area (Å²) in [7, 11) is 0. The van der Waals surface area contributed by atoms with E-state index in [0.29, 0.717) is 19.5 Å². The lowest BCUT2D eigenvalue weighted by Gasteiger charge is -2.28. The first-order chi connectivity index (χ1) is 7.65. The SMILES string of the molecule is CCC[C@H](NC(=O)N1CCNCC1)C(=O)O. The Morgan fingerprint density at radius 3 is 2.56 bits per heavy atom. The van der Waals surface area contributed by atoms with E-state index in [-0.39, 0.29) is 6.03 Å². The summed E-state index contributed by atoms with van der Waals surface area (Å²) >= 11 is 0. The van der Waals surface area contributed by atoms with E-state index in [1.54, 1.807) is 4.90 Å². The van der Waals surface area contributed by atoms with Crippen molar-refractivity contribution < 1.29 is 14.7 Å². The first kappa shape index (κ1) is 12.8. The lowest BCUT2D eigenvalue weighted by Crippen LogP contribution is -2.53. The molecule has 1 heterocycles. The van der Waals surface area contributed by atoms with Gasteiger partial charge in [-0.3, -0.25) is 0 Å².